The van der Waals surface area contributed by atoms with E-state index in [1.165, 1.54) is 47.9 Å². The molecule has 5 N–H and O–H groups in total. The van der Waals surface area contributed by atoms with E-state index >= 15 is 4.79 Å². The Bertz CT molecular complexity index is 2540. The molecule has 370 valence electrons. The maximum Gasteiger partial charge on any atom is 0.160 e. The van der Waals surface area contributed by atoms with E-state index in [4.69, 9.17) is 9.47 Å². The minimum Gasteiger partial charge on any atom is -0.392 e. The van der Waals surface area contributed by atoms with Crippen molar-refractivity contribution in [1.29, 1.82) is 0 Å². The largest absolute Gasteiger partial charge is 0.392 e. The van der Waals surface area contributed by atoms with Crippen LogP contribution < -0.4 is 5.32 Å². The summed E-state index contributed by atoms with van der Waals surface area (Å²) < 4.78 is 14.2. The van der Waals surface area contributed by atoms with Crippen molar-refractivity contribution in [2.24, 2.45) is 44.8 Å². The second-order valence-corrected chi connectivity index (χ2v) is 25.6. The second-order valence-electron chi connectivity index (χ2n) is 25.6. The molecule has 11 atom stereocenters. The summed E-state index contributed by atoms with van der Waals surface area (Å²) in [5.74, 6) is 0.663. The average molecular weight is 932 g/mol. The van der Waals surface area contributed by atoms with Gasteiger partial charge in [0, 0.05) is 86.6 Å². The molecule has 0 bridgehead atoms. The number of aryl methyl sites for hydroxylation is 1. The molecule has 3 aliphatic heterocycles. The molecule has 2 saturated heterocycles. The van der Waals surface area contributed by atoms with Gasteiger partial charge >= 0.3 is 0 Å². The van der Waals surface area contributed by atoms with Crippen LogP contribution in [0.2, 0.25) is 0 Å². The highest BCUT2D eigenvalue weighted by atomic mass is 16.6. The first-order chi connectivity index (χ1) is 32.2. The van der Waals surface area contributed by atoms with Gasteiger partial charge in [-0.05, 0) is 153 Å². The number of aliphatic hydroxyl groups excluding tert-OH is 2. The number of Topliss-reactive ketones (excluding diaryl/α,β-unsaturated/α-hetero) is 2. The average Bonchev–Trinajstić information content (AvgIpc) is 3.84. The minimum absolute atomic E-state index is 0.120. The topological polar surface area (TPSA) is 149 Å². The van der Waals surface area contributed by atoms with Gasteiger partial charge in [0.05, 0.1) is 34.4 Å². The molecule has 4 saturated carbocycles. The van der Waals surface area contributed by atoms with Crippen molar-refractivity contribution >= 4 is 22.6 Å². The monoisotopic (exact) mass is 932 g/mol. The molecule has 10 nitrogen and oxygen atoms in total. The highest BCUT2D eigenvalue weighted by Crippen LogP contribution is 2.76. The van der Waals surface area contributed by atoms with Crippen LogP contribution in [0.5, 0.6) is 0 Å². The Kier molecular flexibility index (Phi) is 11.2. The first kappa shape index (κ1) is 47.2. The number of fused-ring (bicyclic) bond motifs is 4. The Balaban J connectivity index is 1.06. The van der Waals surface area contributed by atoms with Crippen molar-refractivity contribution in [3.05, 3.63) is 69.6 Å². The highest BCUT2D eigenvalue weighted by Gasteiger charge is 2.73. The van der Waals surface area contributed by atoms with E-state index in [0.29, 0.717) is 76.4 Å². The van der Waals surface area contributed by atoms with Gasteiger partial charge in [-0.25, -0.2) is 0 Å². The zero-order valence-electron chi connectivity index (χ0n) is 42.5. The number of hydrogen-bond donors (Lipinski definition) is 5. The number of nitrogens with zero attached hydrogens (tertiary/aromatic N) is 1. The maximum atomic E-state index is 15.4. The van der Waals surface area contributed by atoms with E-state index in [9.17, 15) is 20.1 Å². The Labute approximate surface area is 404 Å². The fourth-order valence-electron chi connectivity index (χ4n) is 17.5. The van der Waals surface area contributed by atoms with Gasteiger partial charge in [0.15, 0.2) is 5.78 Å². The summed E-state index contributed by atoms with van der Waals surface area (Å²) in [5.41, 5.74) is 6.47. The predicted octanol–water partition coefficient (Wildman–Crippen LogP) is 9.38. The Hall–Kier alpha value is -3.12. The third-order valence-electron chi connectivity index (χ3n) is 21.3. The zero-order chi connectivity index (χ0) is 48.0. The minimum atomic E-state index is -0.910. The molecule has 11 unspecified atom stereocenters. The van der Waals surface area contributed by atoms with Crippen molar-refractivity contribution in [2.75, 3.05) is 26.8 Å². The van der Waals surface area contributed by atoms with Crippen LogP contribution in [0.3, 0.4) is 0 Å². The number of aromatic nitrogens is 2. The number of epoxide rings is 1. The van der Waals surface area contributed by atoms with Crippen LogP contribution in [0, 0.1) is 44.8 Å². The molecular formula is C58H81N3O7. The van der Waals surface area contributed by atoms with E-state index in [1.54, 1.807) is 0 Å². The predicted molar refractivity (Wildman–Crippen MR) is 264 cm³/mol. The first-order valence-electron chi connectivity index (χ1n) is 26.8. The molecule has 8 aliphatic rings. The highest BCUT2D eigenvalue weighted by molar-refractivity contribution is 6.02. The Morgan fingerprint density at radius 1 is 0.941 bits per heavy atom. The molecule has 3 aromatic rings. The molecule has 0 amide bonds. The number of hydrogen-bond acceptors (Lipinski definition) is 8. The summed E-state index contributed by atoms with van der Waals surface area (Å²) in [6.45, 7) is 18.1. The Morgan fingerprint density at radius 3 is 2.38 bits per heavy atom. The third kappa shape index (κ3) is 6.97. The number of allylic oxidation sites excluding steroid dienone is 1. The summed E-state index contributed by atoms with van der Waals surface area (Å²) >= 11 is 0. The van der Waals surface area contributed by atoms with E-state index in [1.807, 2.05) is 20.9 Å². The molecule has 5 heterocycles. The third-order valence-corrected chi connectivity index (χ3v) is 21.3. The molecule has 2 aromatic heterocycles. The number of nitrogens with one attached hydrogen (secondary N) is 2. The lowest BCUT2D eigenvalue weighted by Gasteiger charge is -2.70. The van der Waals surface area contributed by atoms with Crippen molar-refractivity contribution in [3.63, 3.8) is 0 Å². The summed E-state index contributed by atoms with van der Waals surface area (Å²) in [6, 6.07) is 6.95. The number of ketones is 2. The van der Waals surface area contributed by atoms with Crippen LogP contribution in [-0.4, -0.2) is 87.2 Å². The lowest BCUT2D eigenvalue weighted by molar-refractivity contribution is -0.222. The summed E-state index contributed by atoms with van der Waals surface area (Å²) in [6.07, 6.45) is 15.4. The molecular weight excluding hydrogens is 851 g/mol. The van der Waals surface area contributed by atoms with Crippen LogP contribution in [0.15, 0.2) is 41.7 Å². The number of carbonyl (C=O) groups excluding carboxylic acids is 2. The molecule has 0 spiro atoms. The fraction of sp³-hybridized carbons (Fsp3) is 0.724. The molecule has 1 aromatic carbocycles. The summed E-state index contributed by atoms with van der Waals surface area (Å²) in [5, 5.41) is 41.3. The van der Waals surface area contributed by atoms with E-state index in [-0.39, 0.29) is 35.1 Å². The van der Waals surface area contributed by atoms with Crippen LogP contribution in [0.4, 0.5) is 0 Å². The van der Waals surface area contributed by atoms with Crippen LogP contribution in [0.25, 0.3) is 11.0 Å². The van der Waals surface area contributed by atoms with Gasteiger partial charge < -0.3 is 39.7 Å². The fourth-order valence-corrected chi connectivity index (χ4v) is 17.5. The lowest BCUT2D eigenvalue weighted by atomic mass is 9.34. The van der Waals surface area contributed by atoms with Crippen LogP contribution >= 0.6 is 0 Å². The lowest BCUT2D eigenvalue weighted by Crippen LogP contribution is -2.68. The van der Waals surface area contributed by atoms with E-state index in [0.717, 1.165) is 66.4 Å². The van der Waals surface area contributed by atoms with Crippen LogP contribution in [0.1, 0.15) is 172 Å². The maximum absolute atomic E-state index is 15.4. The number of ether oxygens (including phenoxy) is 2. The Morgan fingerprint density at radius 2 is 1.68 bits per heavy atom. The number of rotatable bonds is 10. The summed E-state index contributed by atoms with van der Waals surface area (Å²) in [4.78, 5) is 33.3. The molecule has 6 fully saturated rings. The zero-order valence-corrected chi connectivity index (χ0v) is 42.5. The number of aliphatic hydroxyl groups is 3. The van der Waals surface area contributed by atoms with Gasteiger partial charge in [0.25, 0.3) is 0 Å². The summed E-state index contributed by atoms with van der Waals surface area (Å²) in [7, 11) is 1.97. The van der Waals surface area contributed by atoms with E-state index < -0.39 is 45.1 Å². The normalized spacial score (nSPS) is 39.2. The van der Waals surface area contributed by atoms with Gasteiger partial charge in [0.1, 0.15) is 11.9 Å². The van der Waals surface area contributed by atoms with Gasteiger partial charge in [-0.1, -0.05) is 65.7 Å². The second kappa shape index (κ2) is 16.2. The number of aromatic amines is 1. The van der Waals surface area contributed by atoms with Crippen molar-refractivity contribution in [1.82, 2.24) is 14.9 Å². The quantitative estimate of drug-likeness (QED) is 0.126. The number of benzene rings is 1. The van der Waals surface area contributed by atoms with E-state index in [2.05, 4.69) is 80.1 Å². The first-order valence-corrected chi connectivity index (χ1v) is 26.8. The standard InChI is InChI=1S/C58H81N3O7/c1-52(2)51(68-52)42(63)29-53(3)16-13-36-31-60-47-38(26-34-25-37(35-11-9-10-12-35)28-39(27-34)58(66)20-23-67-24-21-58)32-61(48(36)47)33-40-45-46(53)41(62)30-57(45,7)56(6)18-14-43-54(4,19-22-59-8)44(64)15-17-55(43,5)50(56)49(40)65/h25,27-28,31-32,35,40,42-43,49-51,59-60,63,65-66H,9-24,26,29-30,33H2,1-8H3. The molecule has 11 rings (SSSR count). The molecule has 0 radical (unpaired) electrons. The van der Waals surface area contributed by atoms with Crippen molar-refractivity contribution < 1.29 is 34.4 Å². The molecule has 10 heteroatoms. The SMILES string of the molecule is CNCCC1(C)C(=O)CCC2(C)C1CCC1(C)C2C(O)C2Cn3cc(Cc4cc(C5CCCC5)cc(C5(O)CCOCC5)c4)c4[nH]cc(c43)CCC(C)(CC(O)C3OC3(C)C)C3=C2C1(C)CC3=O. The molecule has 5 aliphatic carbocycles. The smallest absolute Gasteiger partial charge is 0.160 e. The number of carbonyl (C=O) groups is 2. The van der Waals surface area contributed by atoms with Crippen LogP contribution in [-0.2, 0) is 44.1 Å². The van der Waals surface area contributed by atoms with Gasteiger partial charge in [-0.2, -0.15) is 0 Å². The molecule has 68 heavy (non-hydrogen) atoms. The van der Waals surface area contributed by atoms with Gasteiger partial charge in [-0.3, -0.25) is 9.59 Å². The van der Waals surface area contributed by atoms with Gasteiger partial charge in [-0.15, -0.1) is 0 Å². The van der Waals surface area contributed by atoms with Crippen molar-refractivity contribution in [3.8, 4) is 0 Å². The number of H-pyrrole nitrogens is 1. The van der Waals surface area contributed by atoms with Gasteiger partial charge in [0.2, 0.25) is 0 Å². The van der Waals surface area contributed by atoms with Crippen molar-refractivity contribution in [2.45, 2.75) is 193 Å².